The zero-order valence-corrected chi connectivity index (χ0v) is 10.9. The summed E-state index contributed by atoms with van der Waals surface area (Å²) in [6, 6.07) is 9.07. The number of phenols is 3. The Kier molecular flexibility index (Phi) is 3.02. The standard InChI is InChI=1S/C16H12O5/c17-11-3-1-9(2-4-11)7-10-8-21-16-12(14(10)19)5-6-13(18)15(16)20/h1-7,17-18,20H,8H2/b10-7+. The van der Waals surface area contributed by atoms with E-state index in [0.717, 1.165) is 5.56 Å². The molecule has 1 aliphatic rings. The number of phenolic OH excluding ortho intramolecular Hbond substituents is 3. The van der Waals surface area contributed by atoms with E-state index in [1.165, 1.54) is 24.3 Å². The van der Waals surface area contributed by atoms with Crippen LogP contribution in [0.1, 0.15) is 15.9 Å². The Morgan fingerprint density at radius 3 is 2.43 bits per heavy atom. The zero-order chi connectivity index (χ0) is 15.0. The minimum absolute atomic E-state index is 0.00264. The molecule has 3 rings (SSSR count). The lowest BCUT2D eigenvalue weighted by molar-refractivity contribution is 0.0998. The molecule has 0 bridgehead atoms. The number of rotatable bonds is 1. The first kappa shape index (κ1) is 13.1. The summed E-state index contributed by atoms with van der Waals surface area (Å²) in [6.07, 6.45) is 1.66. The van der Waals surface area contributed by atoms with Gasteiger partial charge in [-0.1, -0.05) is 12.1 Å². The van der Waals surface area contributed by atoms with Crippen LogP contribution in [0.2, 0.25) is 0 Å². The van der Waals surface area contributed by atoms with Gasteiger partial charge < -0.3 is 20.1 Å². The third-order valence-corrected chi connectivity index (χ3v) is 3.25. The summed E-state index contributed by atoms with van der Waals surface area (Å²) < 4.78 is 5.37. The lowest BCUT2D eigenvalue weighted by Gasteiger charge is -2.20. The molecule has 106 valence electrons. The average Bonchev–Trinajstić information content (AvgIpc) is 2.48. The van der Waals surface area contributed by atoms with Crippen molar-refractivity contribution in [3.63, 3.8) is 0 Å². The van der Waals surface area contributed by atoms with Gasteiger partial charge in [0.15, 0.2) is 17.3 Å². The Bertz CT molecular complexity index is 744. The minimum atomic E-state index is -0.426. The highest BCUT2D eigenvalue weighted by molar-refractivity contribution is 6.14. The summed E-state index contributed by atoms with van der Waals surface area (Å²) in [5, 5.41) is 28.3. The molecule has 0 saturated heterocycles. The molecule has 2 aromatic carbocycles. The number of carbonyl (C=O) groups is 1. The molecule has 5 nitrogen and oxygen atoms in total. The van der Waals surface area contributed by atoms with Crippen molar-refractivity contribution in [2.24, 2.45) is 0 Å². The molecule has 0 amide bonds. The molecule has 0 unspecified atom stereocenters. The number of Topliss-reactive ketones (excluding diaryl/α,β-unsaturated/α-hetero) is 1. The third kappa shape index (κ3) is 2.29. The molecule has 3 N–H and O–H groups in total. The van der Waals surface area contributed by atoms with Gasteiger partial charge in [-0.25, -0.2) is 0 Å². The SMILES string of the molecule is O=C1/C(=C/c2ccc(O)cc2)COc2c1ccc(O)c2O. The zero-order valence-electron chi connectivity index (χ0n) is 10.9. The smallest absolute Gasteiger partial charge is 0.201 e. The molecule has 21 heavy (non-hydrogen) atoms. The van der Waals surface area contributed by atoms with E-state index in [0.29, 0.717) is 5.57 Å². The van der Waals surface area contributed by atoms with E-state index in [2.05, 4.69) is 0 Å². The van der Waals surface area contributed by atoms with Crippen LogP contribution in [0, 0.1) is 0 Å². The Morgan fingerprint density at radius 1 is 1.00 bits per heavy atom. The fraction of sp³-hybridized carbons (Fsp3) is 0.0625. The largest absolute Gasteiger partial charge is 0.508 e. The Hall–Kier alpha value is -2.95. The van der Waals surface area contributed by atoms with Gasteiger partial charge in [-0.15, -0.1) is 0 Å². The van der Waals surface area contributed by atoms with Gasteiger partial charge in [0.1, 0.15) is 12.4 Å². The van der Waals surface area contributed by atoms with Gasteiger partial charge in [0, 0.05) is 5.57 Å². The first-order valence-electron chi connectivity index (χ1n) is 6.28. The average molecular weight is 284 g/mol. The van der Waals surface area contributed by atoms with E-state index in [-0.39, 0.29) is 35.2 Å². The van der Waals surface area contributed by atoms with Crippen LogP contribution in [-0.4, -0.2) is 27.7 Å². The molecule has 1 heterocycles. The summed E-state index contributed by atoms with van der Waals surface area (Å²) in [5.41, 5.74) is 1.39. The maximum absolute atomic E-state index is 12.4. The molecule has 0 aromatic heterocycles. The Labute approximate surface area is 120 Å². The number of hydrogen-bond acceptors (Lipinski definition) is 5. The topological polar surface area (TPSA) is 87.0 Å². The van der Waals surface area contributed by atoms with Crippen molar-refractivity contribution < 1.29 is 24.9 Å². The maximum Gasteiger partial charge on any atom is 0.201 e. The first-order valence-corrected chi connectivity index (χ1v) is 6.28. The van der Waals surface area contributed by atoms with Crippen LogP contribution in [0.3, 0.4) is 0 Å². The second-order valence-electron chi connectivity index (χ2n) is 4.69. The van der Waals surface area contributed by atoms with Crippen LogP contribution < -0.4 is 4.74 Å². The fourth-order valence-electron chi connectivity index (χ4n) is 2.15. The quantitative estimate of drug-likeness (QED) is 0.553. The molecular weight excluding hydrogens is 272 g/mol. The number of ether oxygens (including phenoxy) is 1. The third-order valence-electron chi connectivity index (χ3n) is 3.25. The van der Waals surface area contributed by atoms with E-state index in [4.69, 9.17) is 4.74 Å². The highest BCUT2D eigenvalue weighted by atomic mass is 16.5. The predicted octanol–water partition coefficient (Wildman–Crippen LogP) is 2.46. The number of aromatic hydroxyl groups is 3. The van der Waals surface area contributed by atoms with Gasteiger partial charge in [-0.2, -0.15) is 0 Å². The van der Waals surface area contributed by atoms with Crippen molar-refractivity contribution >= 4 is 11.9 Å². The summed E-state index contributed by atoms with van der Waals surface area (Å²) in [6.45, 7) is 0.00369. The van der Waals surface area contributed by atoms with Gasteiger partial charge in [0.2, 0.25) is 5.75 Å². The van der Waals surface area contributed by atoms with Crippen LogP contribution in [0.15, 0.2) is 42.0 Å². The van der Waals surface area contributed by atoms with Gasteiger partial charge in [-0.3, -0.25) is 4.79 Å². The molecule has 0 aliphatic carbocycles. The maximum atomic E-state index is 12.4. The minimum Gasteiger partial charge on any atom is -0.508 e. The van der Waals surface area contributed by atoms with Crippen LogP contribution >= 0.6 is 0 Å². The van der Waals surface area contributed by atoms with E-state index in [1.807, 2.05) is 0 Å². The molecule has 0 radical (unpaired) electrons. The van der Waals surface area contributed by atoms with Crippen LogP contribution in [0.25, 0.3) is 6.08 Å². The molecule has 0 atom stereocenters. The van der Waals surface area contributed by atoms with Crippen molar-refractivity contribution in [2.45, 2.75) is 0 Å². The highest BCUT2D eigenvalue weighted by Gasteiger charge is 2.27. The van der Waals surface area contributed by atoms with Crippen LogP contribution in [0.5, 0.6) is 23.0 Å². The van der Waals surface area contributed by atoms with E-state index < -0.39 is 5.75 Å². The van der Waals surface area contributed by atoms with Gasteiger partial charge in [0.05, 0.1) is 5.56 Å². The summed E-state index contributed by atoms with van der Waals surface area (Å²) in [7, 11) is 0. The fourth-order valence-corrected chi connectivity index (χ4v) is 2.15. The second kappa shape index (κ2) is 4.86. The second-order valence-corrected chi connectivity index (χ2v) is 4.69. The van der Waals surface area contributed by atoms with Crippen molar-refractivity contribution in [1.82, 2.24) is 0 Å². The van der Waals surface area contributed by atoms with Gasteiger partial charge in [0.25, 0.3) is 0 Å². The molecule has 1 aliphatic heterocycles. The molecule has 5 heteroatoms. The van der Waals surface area contributed by atoms with Crippen molar-refractivity contribution in [3.05, 3.63) is 53.1 Å². The normalized spacial score (nSPS) is 15.6. The van der Waals surface area contributed by atoms with E-state index in [9.17, 15) is 20.1 Å². The first-order chi connectivity index (χ1) is 10.1. The molecule has 0 spiro atoms. The molecular formula is C16H12O5. The summed E-state index contributed by atoms with van der Waals surface area (Å²) in [5.74, 6) is -0.867. The molecule has 0 saturated carbocycles. The lowest BCUT2D eigenvalue weighted by Crippen LogP contribution is -2.19. The summed E-state index contributed by atoms with van der Waals surface area (Å²) >= 11 is 0. The van der Waals surface area contributed by atoms with Crippen LogP contribution in [-0.2, 0) is 0 Å². The molecule has 2 aromatic rings. The number of ketones is 1. The van der Waals surface area contributed by atoms with Crippen molar-refractivity contribution in [2.75, 3.05) is 6.61 Å². The van der Waals surface area contributed by atoms with Gasteiger partial charge in [-0.05, 0) is 35.9 Å². The van der Waals surface area contributed by atoms with Gasteiger partial charge >= 0.3 is 0 Å². The van der Waals surface area contributed by atoms with E-state index in [1.54, 1.807) is 18.2 Å². The summed E-state index contributed by atoms with van der Waals surface area (Å²) in [4.78, 5) is 12.4. The monoisotopic (exact) mass is 284 g/mol. The number of benzene rings is 2. The number of fused-ring (bicyclic) bond motifs is 1. The highest BCUT2D eigenvalue weighted by Crippen LogP contribution is 2.41. The Balaban J connectivity index is 1.99. The van der Waals surface area contributed by atoms with Crippen molar-refractivity contribution in [3.8, 4) is 23.0 Å². The Morgan fingerprint density at radius 2 is 1.71 bits per heavy atom. The number of hydrogen-bond donors (Lipinski definition) is 3. The van der Waals surface area contributed by atoms with Crippen LogP contribution in [0.4, 0.5) is 0 Å². The predicted molar refractivity (Wildman–Crippen MR) is 75.7 cm³/mol. The lowest BCUT2D eigenvalue weighted by atomic mass is 9.98. The van der Waals surface area contributed by atoms with E-state index >= 15 is 0 Å². The number of carbonyl (C=O) groups excluding carboxylic acids is 1. The van der Waals surface area contributed by atoms with Crippen molar-refractivity contribution in [1.29, 1.82) is 0 Å². The molecule has 0 fully saturated rings.